The first kappa shape index (κ1) is 14.3. The Bertz CT molecular complexity index is 710. The van der Waals surface area contributed by atoms with Crippen molar-refractivity contribution in [3.8, 4) is 6.07 Å². The van der Waals surface area contributed by atoms with E-state index in [9.17, 15) is 10.4 Å². The fourth-order valence-electron chi connectivity index (χ4n) is 3.63. The topological polar surface area (TPSA) is 44.0 Å². The van der Waals surface area contributed by atoms with Crippen LogP contribution in [0.4, 0.5) is 0 Å². The number of benzene rings is 1. The summed E-state index contributed by atoms with van der Waals surface area (Å²) >= 11 is 1.54. The highest BCUT2D eigenvalue weighted by Gasteiger charge is 2.53. The molecule has 0 saturated heterocycles. The summed E-state index contributed by atoms with van der Waals surface area (Å²) in [6, 6.07) is 12.6. The van der Waals surface area contributed by atoms with Gasteiger partial charge in [-0.25, -0.2) is 0 Å². The zero-order valence-corrected chi connectivity index (χ0v) is 13.2. The normalized spacial score (nSPS) is 23.9. The lowest BCUT2D eigenvalue weighted by Crippen LogP contribution is -2.48. The molecule has 1 aromatic carbocycles. The second-order valence-corrected chi connectivity index (χ2v) is 6.95. The van der Waals surface area contributed by atoms with E-state index in [1.165, 1.54) is 16.9 Å². The number of nitriles is 1. The highest BCUT2D eigenvalue weighted by atomic mass is 32.1. The molecule has 21 heavy (non-hydrogen) atoms. The van der Waals surface area contributed by atoms with Crippen LogP contribution < -0.4 is 0 Å². The fraction of sp³-hybridized carbons (Fsp3) is 0.389. The van der Waals surface area contributed by atoms with Crippen LogP contribution in [0.15, 0.2) is 35.7 Å². The summed E-state index contributed by atoms with van der Waals surface area (Å²) in [5, 5.41) is 23.4. The lowest BCUT2D eigenvalue weighted by molar-refractivity contribution is -0.00903. The predicted molar refractivity (Wildman–Crippen MR) is 85.3 cm³/mol. The van der Waals surface area contributed by atoms with Gasteiger partial charge in [0, 0.05) is 4.88 Å². The zero-order valence-electron chi connectivity index (χ0n) is 12.4. The average molecular weight is 297 g/mol. The molecule has 3 rings (SSSR count). The first-order valence-electron chi connectivity index (χ1n) is 7.29. The number of hydrogen-bond donors (Lipinski definition) is 1. The summed E-state index contributed by atoms with van der Waals surface area (Å²) in [5.74, 6) is 0. The van der Waals surface area contributed by atoms with E-state index >= 15 is 0 Å². The maximum Gasteiger partial charge on any atom is 0.119 e. The zero-order chi connectivity index (χ0) is 15.1. The van der Waals surface area contributed by atoms with E-state index in [1.54, 1.807) is 6.92 Å². The van der Waals surface area contributed by atoms with E-state index in [4.69, 9.17) is 0 Å². The Morgan fingerprint density at radius 1 is 1.33 bits per heavy atom. The number of aliphatic hydroxyl groups is 1. The molecule has 1 aliphatic rings. The molecule has 3 heteroatoms. The number of aryl methyl sites for hydroxylation is 2. The first-order valence-corrected chi connectivity index (χ1v) is 8.17. The number of fused-ring (bicyclic) bond motifs is 1. The predicted octanol–water partition coefficient (Wildman–Crippen LogP) is 4.06. The van der Waals surface area contributed by atoms with Crippen molar-refractivity contribution in [2.24, 2.45) is 0 Å². The largest absolute Gasteiger partial charge is 0.383 e. The van der Waals surface area contributed by atoms with E-state index in [0.29, 0.717) is 6.42 Å². The summed E-state index contributed by atoms with van der Waals surface area (Å²) < 4.78 is 0. The molecule has 0 spiro atoms. The third kappa shape index (κ3) is 1.94. The van der Waals surface area contributed by atoms with Gasteiger partial charge in [-0.1, -0.05) is 24.3 Å². The molecular weight excluding hydrogens is 278 g/mol. The third-order valence-corrected chi connectivity index (χ3v) is 6.03. The molecule has 2 unspecified atom stereocenters. The van der Waals surface area contributed by atoms with Crippen molar-refractivity contribution in [1.29, 1.82) is 5.26 Å². The van der Waals surface area contributed by atoms with Crippen LogP contribution >= 0.6 is 11.3 Å². The molecule has 0 aliphatic heterocycles. The van der Waals surface area contributed by atoms with Crippen LogP contribution in [-0.2, 0) is 17.4 Å². The van der Waals surface area contributed by atoms with Crippen LogP contribution in [0.5, 0.6) is 0 Å². The van der Waals surface area contributed by atoms with E-state index in [2.05, 4.69) is 12.1 Å². The first-order chi connectivity index (χ1) is 10.0. The molecule has 1 N–H and O–H groups in total. The summed E-state index contributed by atoms with van der Waals surface area (Å²) in [6.45, 7) is 3.80. The van der Waals surface area contributed by atoms with Crippen LogP contribution in [0.3, 0.4) is 0 Å². The van der Waals surface area contributed by atoms with Crippen molar-refractivity contribution in [2.45, 2.75) is 44.1 Å². The monoisotopic (exact) mass is 297 g/mol. The van der Waals surface area contributed by atoms with Crippen molar-refractivity contribution < 1.29 is 5.11 Å². The Balaban J connectivity index is 2.24. The number of hydrogen-bond acceptors (Lipinski definition) is 3. The van der Waals surface area contributed by atoms with E-state index in [0.717, 1.165) is 28.8 Å². The van der Waals surface area contributed by atoms with Crippen molar-refractivity contribution in [3.05, 3.63) is 57.3 Å². The Labute approximate surface area is 129 Å². The molecule has 0 fully saturated rings. The van der Waals surface area contributed by atoms with E-state index in [1.807, 2.05) is 36.6 Å². The van der Waals surface area contributed by atoms with Crippen molar-refractivity contribution >= 4 is 11.3 Å². The minimum absolute atomic E-state index is 0.699. The van der Waals surface area contributed by atoms with Gasteiger partial charge in [0.15, 0.2) is 0 Å². The SMILES string of the molecule is Cc1ccsc1C(C)(O)C1(C#N)CCCc2ccccc21. The van der Waals surface area contributed by atoms with Gasteiger partial charge in [0.25, 0.3) is 0 Å². The molecule has 0 amide bonds. The van der Waals surface area contributed by atoms with Crippen LogP contribution in [0, 0.1) is 18.3 Å². The molecule has 2 aromatic rings. The maximum absolute atomic E-state index is 11.4. The maximum atomic E-state index is 11.4. The third-order valence-electron chi connectivity index (χ3n) is 4.80. The van der Waals surface area contributed by atoms with Crippen LogP contribution in [0.25, 0.3) is 0 Å². The van der Waals surface area contributed by atoms with Crippen LogP contribution in [-0.4, -0.2) is 5.11 Å². The van der Waals surface area contributed by atoms with Crippen molar-refractivity contribution in [3.63, 3.8) is 0 Å². The number of thiophene rings is 1. The lowest BCUT2D eigenvalue weighted by atomic mass is 9.61. The second kappa shape index (κ2) is 4.98. The van der Waals surface area contributed by atoms with Crippen molar-refractivity contribution in [1.82, 2.24) is 0 Å². The molecule has 0 radical (unpaired) electrons. The quantitative estimate of drug-likeness (QED) is 0.908. The minimum atomic E-state index is -1.17. The highest BCUT2D eigenvalue weighted by molar-refractivity contribution is 7.10. The van der Waals surface area contributed by atoms with E-state index < -0.39 is 11.0 Å². The Kier molecular flexibility index (Phi) is 3.39. The van der Waals surface area contributed by atoms with Gasteiger partial charge in [-0.2, -0.15) is 5.26 Å². The van der Waals surface area contributed by atoms with Gasteiger partial charge in [0.1, 0.15) is 11.0 Å². The lowest BCUT2D eigenvalue weighted by Gasteiger charge is -2.44. The number of nitrogens with zero attached hydrogens (tertiary/aromatic N) is 1. The van der Waals surface area contributed by atoms with Crippen molar-refractivity contribution in [2.75, 3.05) is 0 Å². The summed E-state index contributed by atoms with van der Waals surface area (Å²) in [4.78, 5) is 0.903. The van der Waals surface area contributed by atoms with Gasteiger partial charge in [-0.15, -0.1) is 11.3 Å². The van der Waals surface area contributed by atoms with Crippen LogP contribution in [0.1, 0.15) is 41.3 Å². The van der Waals surface area contributed by atoms with Gasteiger partial charge < -0.3 is 5.11 Å². The smallest absolute Gasteiger partial charge is 0.119 e. The molecule has 2 nitrogen and oxygen atoms in total. The summed E-state index contributed by atoms with van der Waals surface area (Å²) in [6.07, 6.45) is 2.62. The Morgan fingerprint density at radius 2 is 2.10 bits per heavy atom. The highest BCUT2D eigenvalue weighted by Crippen LogP contribution is 2.50. The Morgan fingerprint density at radius 3 is 2.76 bits per heavy atom. The average Bonchev–Trinajstić information content (AvgIpc) is 2.93. The molecule has 2 atom stereocenters. The fourth-order valence-corrected chi connectivity index (χ4v) is 4.70. The summed E-state index contributed by atoms with van der Waals surface area (Å²) in [7, 11) is 0. The molecule has 108 valence electrons. The second-order valence-electron chi connectivity index (χ2n) is 6.03. The van der Waals surface area contributed by atoms with Gasteiger partial charge in [-0.05, 0) is 61.2 Å². The molecular formula is C18H19NOS. The van der Waals surface area contributed by atoms with Crippen LogP contribution in [0.2, 0.25) is 0 Å². The molecule has 0 bridgehead atoms. The van der Waals surface area contributed by atoms with Gasteiger partial charge in [-0.3, -0.25) is 0 Å². The van der Waals surface area contributed by atoms with Gasteiger partial charge in [0.2, 0.25) is 0 Å². The molecule has 0 saturated carbocycles. The molecule has 1 heterocycles. The van der Waals surface area contributed by atoms with Gasteiger partial charge >= 0.3 is 0 Å². The minimum Gasteiger partial charge on any atom is -0.383 e. The van der Waals surface area contributed by atoms with E-state index in [-0.39, 0.29) is 0 Å². The standard InChI is InChI=1S/C18H19NOS/c1-13-9-11-21-16(13)17(2,20)18(12-19)10-5-7-14-6-3-4-8-15(14)18/h3-4,6,8-9,11,20H,5,7,10H2,1-2H3. The molecule has 1 aliphatic carbocycles. The Hall–Kier alpha value is -1.63. The van der Waals surface area contributed by atoms with Gasteiger partial charge in [0.05, 0.1) is 6.07 Å². The summed E-state index contributed by atoms with van der Waals surface area (Å²) in [5.41, 5.74) is 1.22. The molecule has 1 aromatic heterocycles. The number of rotatable bonds is 2.